The Morgan fingerprint density at radius 2 is 1.64 bits per heavy atom. The molecular formula is C27H21ClF6N2. The highest BCUT2D eigenvalue weighted by molar-refractivity contribution is 6.30. The van der Waals surface area contributed by atoms with Crippen molar-refractivity contribution in [3.8, 4) is 0 Å². The van der Waals surface area contributed by atoms with E-state index < -0.39 is 41.3 Å². The molecule has 2 nitrogen and oxygen atoms in total. The van der Waals surface area contributed by atoms with E-state index in [1.807, 2.05) is 0 Å². The highest BCUT2D eigenvalue weighted by Gasteiger charge is 2.40. The van der Waals surface area contributed by atoms with Crippen molar-refractivity contribution in [2.24, 2.45) is 0 Å². The molecule has 0 aliphatic rings. The quantitative estimate of drug-likeness (QED) is 0.228. The number of hydrogen-bond acceptors (Lipinski definition) is 2. The minimum atomic E-state index is -4.86. The molecule has 3 aromatic rings. The highest BCUT2D eigenvalue weighted by atomic mass is 35.5. The number of rotatable bonds is 9. The van der Waals surface area contributed by atoms with E-state index in [4.69, 9.17) is 11.6 Å². The lowest BCUT2D eigenvalue weighted by Gasteiger charge is -2.36. The maximum Gasteiger partial charge on any atom is 0.416 e. The fourth-order valence-electron chi connectivity index (χ4n) is 3.82. The lowest BCUT2D eigenvalue weighted by atomic mass is 9.79. The van der Waals surface area contributed by atoms with E-state index in [1.54, 1.807) is 6.08 Å². The first kappa shape index (κ1) is 27.2. The Labute approximate surface area is 209 Å². The van der Waals surface area contributed by atoms with Crippen LogP contribution < -0.4 is 5.32 Å². The molecule has 1 N–H and O–H groups in total. The molecule has 0 aliphatic heterocycles. The summed E-state index contributed by atoms with van der Waals surface area (Å²) in [5, 5.41) is 3.21. The van der Waals surface area contributed by atoms with Crippen molar-refractivity contribution in [2.75, 3.05) is 0 Å². The van der Waals surface area contributed by atoms with Crippen LogP contribution in [0.1, 0.15) is 28.8 Å². The lowest BCUT2D eigenvalue weighted by molar-refractivity contribution is -0.137. The van der Waals surface area contributed by atoms with Gasteiger partial charge in [-0.05, 0) is 53.6 Å². The van der Waals surface area contributed by atoms with Crippen LogP contribution in [-0.2, 0) is 18.3 Å². The van der Waals surface area contributed by atoms with Crippen molar-refractivity contribution in [3.05, 3.63) is 137 Å². The Morgan fingerprint density at radius 3 is 2.19 bits per heavy atom. The first-order valence-corrected chi connectivity index (χ1v) is 11.0. The lowest BCUT2D eigenvalue weighted by Crippen LogP contribution is -2.44. The van der Waals surface area contributed by atoms with Crippen molar-refractivity contribution < 1.29 is 26.3 Å². The third-order valence-corrected chi connectivity index (χ3v) is 5.80. The number of nitrogens with one attached hydrogen (secondary N) is 1. The van der Waals surface area contributed by atoms with Gasteiger partial charge >= 0.3 is 6.18 Å². The second-order valence-electron chi connectivity index (χ2n) is 7.91. The normalized spacial score (nSPS) is 13.8. The fraction of sp³-hybridized carbons (Fsp3) is 0.148. The summed E-state index contributed by atoms with van der Waals surface area (Å²) in [6.07, 6.45) is 0.751. The van der Waals surface area contributed by atoms with Crippen LogP contribution in [0.15, 0.2) is 91.7 Å². The summed E-state index contributed by atoms with van der Waals surface area (Å²) in [5.41, 5.74) is -2.82. The van der Waals surface area contributed by atoms with E-state index in [1.165, 1.54) is 36.5 Å². The molecule has 0 bridgehead atoms. The summed E-state index contributed by atoms with van der Waals surface area (Å²) in [6, 6.07) is 8.27. The number of benzene rings is 2. The maximum absolute atomic E-state index is 14.6. The molecule has 0 saturated carbocycles. The van der Waals surface area contributed by atoms with Crippen LogP contribution in [-0.4, -0.2) is 4.98 Å². The molecule has 0 saturated heterocycles. The van der Waals surface area contributed by atoms with Gasteiger partial charge < -0.3 is 0 Å². The van der Waals surface area contributed by atoms with Gasteiger partial charge in [-0.1, -0.05) is 49.1 Å². The summed E-state index contributed by atoms with van der Waals surface area (Å²) in [7, 11) is 0. The van der Waals surface area contributed by atoms with Crippen LogP contribution in [0.4, 0.5) is 26.3 Å². The average molecular weight is 523 g/mol. The number of alkyl halides is 3. The molecule has 2 aromatic carbocycles. The third-order valence-electron chi connectivity index (χ3n) is 5.57. The van der Waals surface area contributed by atoms with Gasteiger partial charge in [0.15, 0.2) is 0 Å². The monoisotopic (exact) mass is 522 g/mol. The zero-order valence-corrected chi connectivity index (χ0v) is 19.6. The molecule has 0 fully saturated rings. The molecule has 0 amide bonds. The third kappa shape index (κ3) is 6.06. The van der Waals surface area contributed by atoms with E-state index in [9.17, 15) is 26.3 Å². The van der Waals surface area contributed by atoms with Crippen LogP contribution in [0.25, 0.3) is 0 Å². The molecule has 0 spiro atoms. The molecule has 0 radical (unpaired) electrons. The van der Waals surface area contributed by atoms with E-state index in [2.05, 4.69) is 23.5 Å². The van der Waals surface area contributed by atoms with Gasteiger partial charge in [-0.25, -0.2) is 13.2 Å². The summed E-state index contributed by atoms with van der Waals surface area (Å²) in [6.45, 7) is 6.89. The molecule has 1 unspecified atom stereocenters. The molecule has 0 aliphatic carbocycles. The summed E-state index contributed by atoms with van der Waals surface area (Å²) in [4.78, 5) is 4.28. The van der Waals surface area contributed by atoms with Gasteiger partial charge in [-0.15, -0.1) is 0 Å². The van der Waals surface area contributed by atoms with Crippen LogP contribution in [0, 0.1) is 17.5 Å². The molecule has 1 atom stereocenters. The average Bonchev–Trinajstić information content (AvgIpc) is 2.82. The van der Waals surface area contributed by atoms with Crippen LogP contribution in [0.2, 0.25) is 5.02 Å². The van der Waals surface area contributed by atoms with Crippen LogP contribution in [0.3, 0.4) is 0 Å². The number of pyridine rings is 1. The second kappa shape index (κ2) is 11.1. The molecule has 36 heavy (non-hydrogen) atoms. The fourth-order valence-corrected chi connectivity index (χ4v) is 3.93. The largest absolute Gasteiger partial charge is 0.416 e. The zero-order chi connectivity index (χ0) is 26.5. The number of allylic oxidation sites excluding steroid dienone is 3. The molecule has 3 rings (SSSR count). The van der Waals surface area contributed by atoms with Gasteiger partial charge in [0.2, 0.25) is 0 Å². The van der Waals surface area contributed by atoms with Crippen LogP contribution in [0.5, 0.6) is 0 Å². The number of hydrogen-bond donors (Lipinski definition) is 1. The Morgan fingerprint density at radius 1 is 0.972 bits per heavy atom. The predicted octanol–water partition coefficient (Wildman–Crippen LogP) is 7.89. The van der Waals surface area contributed by atoms with Crippen molar-refractivity contribution >= 4 is 11.6 Å². The zero-order valence-electron chi connectivity index (χ0n) is 18.8. The smallest absolute Gasteiger partial charge is 0.298 e. The predicted molar refractivity (Wildman–Crippen MR) is 128 cm³/mol. The van der Waals surface area contributed by atoms with Gasteiger partial charge in [0, 0.05) is 24.7 Å². The van der Waals surface area contributed by atoms with Crippen molar-refractivity contribution in [1.82, 2.24) is 10.3 Å². The van der Waals surface area contributed by atoms with Crippen LogP contribution >= 0.6 is 11.6 Å². The summed E-state index contributed by atoms with van der Waals surface area (Å²) >= 11 is 5.98. The topological polar surface area (TPSA) is 24.9 Å². The minimum absolute atomic E-state index is 0.117. The molecule has 1 aromatic heterocycles. The van der Waals surface area contributed by atoms with E-state index in [-0.39, 0.29) is 28.3 Å². The Balaban J connectivity index is 2.32. The van der Waals surface area contributed by atoms with Gasteiger partial charge in [0.25, 0.3) is 0 Å². The standard InChI is InChI=1S/C27H21ClF6N2/c1-3-6-17(4-2)14-26(25-10-9-20(28)15-35-25,36-16-22-23(30)7-5-8-24(22)31)18-11-19(27(32,33)34)13-21(29)12-18/h3-13,15,36H,1-2,14,16H2/b17-6+. The van der Waals surface area contributed by atoms with Gasteiger partial charge in [-0.2, -0.15) is 13.2 Å². The molecular weight excluding hydrogens is 502 g/mol. The highest BCUT2D eigenvalue weighted by Crippen LogP contribution is 2.40. The number of aromatic nitrogens is 1. The SMILES string of the molecule is C=C/C=C(\C=C)CC(NCc1c(F)cccc1F)(c1cc(F)cc(C(F)(F)F)c1)c1ccc(Cl)cn1. The number of halogens is 7. The Kier molecular flexibility index (Phi) is 8.43. The minimum Gasteiger partial charge on any atom is -0.298 e. The molecule has 1 heterocycles. The van der Waals surface area contributed by atoms with E-state index in [0.29, 0.717) is 11.6 Å². The molecule has 188 valence electrons. The van der Waals surface area contributed by atoms with E-state index in [0.717, 1.165) is 24.3 Å². The van der Waals surface area contributed by atoms with Crippen molar-refractivity contribution in [1.29, 1.82) is 0 Å². The summed E-state index contributed by atoms with van der Waals surface area (Å²) < 4.78 is 84.4. The van der Waals surface area contributed by atoms with Crippen molar-refractivity contribution in [3.63, 3.8) is 0 Å². The Hall–Kier alpha value is -3.36. The van der Waals surface area contributed by atoms with Crippen molar-refractivity contribution in [2.45, 2.75) is 24.7 Å². The van der Waals surface area contributed by atoms with Gasteiger partial charge in [0.05, 0.1) is 21.8 Å². The van der Waals surface area contributed by atoms with Gasteiger partial charge in [-0.3, -0.25) is 10.3 Å². The van der Waals surface area contributed by atoms with Gasteiger partial charge in [0.1, 0.15) is 17.5 Å². The van der Waals surface area contributed by atoms with E-state index >= 15 is 0 Å². The maximum atomic E-state index is 14.6. The first-order chi connectivity index (χ1) is 17.0. The summed E-state index contributed by atoms with van der Waals surface area (Å²) in [5.74, 6) is -2.87. The second-order valence-corrected chi connectivity index (χ2v) is 8.34. The first-order valence-electron chi connectivity index (χ1n) is 10.6. The number of nitrogens with zero attached hydrogens (tertiary/aromatic N) is 1. The molecule has 9 heteroatoms. The Bertz CT molecular complexity index is 1260.